The second-order valence-electron chi connectivity index (χ2n) is 12.6. The third kappa shape index (κ3) is 12.3. The van der Waals surface area contributed by atoms with Crippen LogP contribution in [0.2, 0.25) is 0 Å². The number of halogens is 6. The lowest BCUT2D eigenvalue weighted by molar-refractivity contribution is -0.142. The largest absolute Gasteiger partial charge is 0.490 e. The van der Waals surface area contributed by atoms with Crippen LogP contribution in [0.3, 0.4) is 0 Å². The summed E-state index contributed by atoms with van der Waals surface area (Å²) < 4.78 is 89.5. The van der Waals surface area contributed by atoms with E-state index < -0.39 is 48.6 Å². The highest BCUT2D eigenvalue weighted by Gasteiger charge is 2.32. The van der Waals surface area contributed by atoms with Crippen LogP contribution in [0.15, 0.2) is 42.5 Å². The molecule has 0 radical (unpaired) electrons. The molecule has 2 amide bonds. The molecule has 0 aliphatic carbocycles. The average molecular weight is 690 g/mol. The molecule has 0 aromatic heterocycles. The van der Waals surface area contributed by atoms with Gasteiger partial charge in [0.15, 0.2) is 0 Å². The lowest BCUT2D eigenvalue weighted by atomic mass is 10.0. The van der Waals surface area contributed by atoms with Gasteiger partial charge in [-0.25, -0.2) is 0 Å². The fourth-order valence-corrected chi connectivity index (χ4v) is 5.42. The van der Waals surface area contributed by atoms with Gasteiger partial charge in [0.2, 0.25) is 5.91 Å². The van der Waals surface area contributed by atoms with Gasteiger partial charge in [0.25, 0.3) is 5.91 Å². The van der Waals surface area contributed by atoms with Crippen LogP contribution in [0.5, 0.6) is 5.75 Å². The zero-order valence-corrected chi connectivity index (χ0v) is 27.7. The van der Waals surface area contributed by atoms with Crippen molar-refractivity contribution in [2.75, 3.05) is 38.7 Å². The first kappa shape index (κ1) is 39.1. The van der Waals surface area contributed by atoms with Gasteiger partial charge in [-0.05, 0) is 76.1 Å². The number of fused-ring (bicyclic) bond motifs is 1. The quantitative estimate of drug-likeness (QED) is 0.278. The number of aliphatic hydroxyl groups is 1. The van der Waals surface area contributed by atoms with Crippen LogP contribution >= 0.6 is 0 Å². The number of rotatable bonds is 9. The highest BCUT2D eigenvalue weighted by Crippen LogP contribution is 2.31. The van der Waals surface area contributed by atoms with E-state index in [-0.39, 0.29) is 48.3 Å². The fourth-order valence-electron chi connectivity index (χ4n) is 5.42. The minimum atomic E-state index is -4.49. The highest BCUT2D eigenvalue weighted by atomic mass is 19.4. The minimum absolute atomic E-state index is 0.0805. The Hall–Kier alpha value is -3.36. The molecule has 0 saturated heterocycles. The Morgan fingerprint density at radius 2 is 1.77 bits per heavy atom. The second-order valence-corrected chi connectivity index (χ2v) is 12.6. The molecular formula is C34H45F6N3O5. The Bertz CT molecular complexity index is 1340. The molecule has 2 N–H and O–H groups in total. The zero-order valence-electron chi connectivity index (χ0n) is 27.7. The van der Waals surface area contributed by atoms with Crippen molar-refractivity contribution >= 4 is 17.5 Å². The summed E-state index contributed by atoms with van der Waals surface area (Å²) in [5.74, 6) is -1.39. The molecule has 0 saturated carbocycles. The number of carbonyl (C=O) groups excluding carboxylic acids is 2. The molecule has 48 heavy (non-hydrogen) atoms. The summed E-state index contributed by atoms with van der Waals surface area (Å²) in [6, 6.07) is 8.66. The van der Waals surface area contributed by atoms with Crippen LogP contribution in [0.25, 0.3) is 0 Å². The molecule has 2 aromatic carbocycles. The molecule has 4 atom stereocenters. The molecule has 0 unspecified atom stereocenters. The number of hydrogen-bond donors (Lipinski definition) is 2. The summed E-state index contributed by atoms with van der Waals surface area (Å²) in [6.45, 7) is 6.42. The van der Waals surface area contributed by atoms with Crippen LogP contribution in [-0.2, 0) is 22.3 Å². The van der Waals surface area contributed by atoms with Gasteiger partial charge in [-0.2, -0.15) is 26.3 Å². The molecule has 8 nitrogen and oxygen atoms in total. The van der Waals surface area contributed by atoms with Crippen molar-refractivity contribution in [1.82, 2.24) is 9.80 Å². The highest BCUT2D eigenvalue weighted by molar-refractivity contribution is 5.99. The number of anilines is 1. The van der Waals surface area contributed by atoms with Crippen LogP contribution in [-0.4, -0.2) is 84.5 Å². The van der Waals surface area contributed by atoms with Gasteiger partial charge < -0.3 is 24.8 Å². The number of hydrogen-bond acceptors (Lipinski definition) is 6. The predicted octanol–water partition coefficient (Wildman–Crippen LogP) is 6.91. The average Bonchev–Trinajstić information content (AvgIpc) is 3.01. The number of ether oxygens (including phenoxy) is 2. The van der Waals surface area contributed by atoms with Crippen LogP contribution in [0.4, 0.5) is 32.0 Å². The van der Waals surface area contributed by atoms with Crippen molar-refractivity contribution in [3.63, 3.8) is 0 Å². The second kappa shape index (κ2) is 17.3. The maximum atomic E-state index is 14.2. The van der Waals surface area contributed by atoms with E-state index in [4.69, 9.17) is 9.47 Å². The number of benzene rings is 2. The summed E-state index contributed by atoms with van der Waals surface area (Å²) in [5, 5.41) is 12.5. The molecule has 0 bridgehead atoms. The first-order valence-electron chi connectivity index (χ1n) is 16.0. The third-order valence-electron chi connectivity index (χ3n) is 8.20. The number of alkyl halides is 6. The molecule has 2 aromatic rings. The van der Waals surface area contributed by atoms with Gasteiger partial charge in [0, 0.05) is 44.3 Å². The number of carbonyl (C=O) groups is 2. The van der Waals surface area contributed by atoms with Gasteiger partial charge in [-0.3, -0.25) is 14.5 Å². The van der Waals surface area contributed by atoms with Crippen molar-refractivity contribution in [3.8, 4) is 5.75 Å². The molecule has 1 aliphatic heterocycles. The fraction of sp³-hybridized carbons (Fsp3) is 0.588. The molecule has 14 heteroatoms. The standard InChI is InChI=1S/C34H45F6N3O5/c1-22-18-43(23(2)21-44)32(46)28-17-27(41-31(45)14-15-33(35,36)37)12-13-29(28)48-24(3)7-5-6-16-47-30(22)20-42(4)19-25-8-10-26(11-9-25)34(38,39)40/h8-13,17,22-24,30,44H,5-7,14-16,18-21H2,1-4H3,(H,41,45)/t22-,23-,24-,30-/m0/s1. The predicted molar refractivity (Wildman–Crippen MR) is 169 cm³/mol. The molecule has 3 rings (SSSR count). The Kier molecular flexibility index (Phi) is 14.1. The topological polar surface area (TPSA) is 91.3 Å². The first-order chi connectivity index (χ1) is 22.5. The minimum Gasteiger partial charge on any atom is -0.490 e. The van der Waals surface area contributed by atoms with Gasteiger partial charge in [-0.15, -0.1) is 0 Å². The van der Waals surface area contributed by atoms with Crippen molar-refractivity contribution in [3.05, 3.63) is 59.2 Å². The molecular weight excluding hydrogens is 644 g/mol. The van der Waals surface area contributed by atoms with Crippen molar-refractivity contribution in [2.24, 2.45) is 5.92 Å². The van der Waals surface area contributed by atoms with E-state index in [9.17, 15) is 41.0 Å². The molecule has 1 heterocycles. The monoisotopic (exact) mass is 689 g/mol. The number of amides is 2. The number of nitrogens with zero attached hydrogens (tertiary/aromatic N) is 2. The Labute approximate surface area is 277 Å². The van der Waals surface area contributed by atoms with E-state index >= 15 is 0 Å². The van der Waals surface area contributed by atoms with Crippen molar-refractivity contribution < 1.29 is 50.5 Å². The van der Waals surface area contributed by atoms with Crippen LogP contribution in [0, 0.1) is 5.92 Å². The van der Waals surface area contributed by atoms with Gasteiger partial charge in [-0.1, -0.05) is 19.1 Å². The Morgan fingerprint density at radius 3 is 2.40 bits per heavy atom. The van der Waals surface area contributed by atoms with Crippen molar-refractivity contribution in [1.29, 1.82) is 0 Å². The van der Waals surface area contributed by atoms with Gasteiger partial charge >= 0.3 is 12.4 Å². The van der Waals surface area contributed by atoms with E-state index in [0.717, 1.165) is 25.0 Å². The molecule has 1 aliphatic rings. The lowest BCUT2D eigenvalue weighted by Gasteiger charge is -2.36. The maximum Gasteiger partial charge on any atom is 0.416 e. The van der Waals surface area contributed by atoms with E-state index in [2.05, 4.69) is 5.32 Å². The Morgan fingerprint density at radius 1 is 1.08 bits per heavy atom. The summed E-state index contributed by atoms with van der Waals surface area (Å²) in [6.07, 6.45) is -9.55. The van der Waals surface area contributed by atoms with E-state index in [1.807, 2.05) is 25.8 Å². The number of nitrogens with one attached hydrogen (secondary N) is 1. The first-order valence-corrected chi connectivity index (χ1v) is 16.0. The Balaban J connectivity index is 1.86. The molecule has 0 fully saturated rings. The normalized spacial score (nSPS) is 20.9. The van der Waals surface area contributed by atoms with Crippen LogP contribution in [0.1, 0.15) is 74.4 Å². The van der Waals surface area contributed by atoms with E-state index in [1.54, 1.807) is 6.92 Å². The van der Waals surface area contributed by atoms with Crippen LogP contribution < -0.4 is 10.1 Å². The van der Waals surface area contributed by atoms with E-state index in [0.29, 0.717) is 31.7 Å². The molecule has 268 valence electrons. The number of likely N-dealkylation sites (N-methyl/N-ethyl adjacent to an activating group) is 1. The lowest BCUT2D eigenvalue weighted by Crippen LogP contribution is -2.47. The SMILES string of the molecule is C[C@H]1CCCCO[C@@H](CN(C)Cc2ccc(C(F)(F)F)cc2)[C@@H](C)CN([C@@H](C)CO)C(=O)c2cc(NC(=O)CCC(F)(F)F)ccc2O1. The van der Waals surface area contributed by atoms with Gasteiger partial charge in [0.05, 0.1) is 42.4 Å². The van der Waals surface area contributed by atoms with Gasteiger partial charge in [0.1, 0.15) is 5.75 Å². The number of aliphatic hydroxyl groups excluding tert-OH is 1. The zero-order chi connectivity index (χ0) is 35.6. The summed E-state index contributed by atoms with van der Waals surface area (Å²) in [7, 11) is 1.83. The summed E-state index contributed by atoms with van der Waals surface area (Å²) in [5.41, 5.74) is 0.174. The third-order valence-corrected chi connectivity index (χ3v) is 8.20. The maximum absolute atomic E-state index is 14.2. The van der Waals surface area contributed by atoms with Crippen molar-refractivity contribution in [2.45, 2.75) is 90.0 Å². The summed E-state index contributed by atoms with van der Waals surface area (Å²) in [4.78, 5) is 29.8. The summed E-state index contributed by atoms with van der Waals surface area (Å²) >= 11 is 0. The van der Waals surface area contributed by atoms with E-state index in [1.165, 1.54) is 35.2 Å². The molecule has 0 spiro atoms. The smallest absolute Gasteiger partial charge is 0.416 e.